The molecule has 1 fully saturated rings. The topological polar surface area (TPSA) is 135 Å². The smallest absolute Gasteiger partial charge is 0.335 e. The lowest BCUT2D eigenvalue weighted by molar-refractivity contribution is 0.0697. The molecule has 0 spiro atoms. The minimum absolute atomic E-state index is 0.0149. The fraction of sp³-hybridized carbons (Fsp3) is 0.160. The van der Waals surface area contributed by atoms with Crippen molar-refractivity contribution in [3.05, 3.63) is 75.7 Å². The van der Waals surface area contributed by atoms with Gasteiger partial charge in [-0.2, -0.15) is 0 Å². The van der Waals surface area contributed by atoms with Gasteiger partial charge in [-0.1, -0.05) is 12.1 Å². The molecule has 9 heteroatoms. The molecule has 2 heterocycles. The number of hydrogen-bond acceptors (Lipinski definition) is 7. The molecular formula is C25H17N3O6. The number of fused-ring (bicyclic) bond motifs is 1. The summed E-state index contributed by atoms with van der Waals surface area (Å²) < 4.78 is 1.40. The highest BCUT2D eigenvalue weighted by Crippen LogP contribution is 2.26. The summed E-state index contributed by atoms with van der Waals surface area (Å²) in [7, 11) is 0. The number of piperidine rings is 1. The molecule has 1 unspecified atom stereocenters. The number of aromatic carboxylic acids is 1. The summed E-state index contributed by atoms with van der Waals surface area (Å²) in [4.78, 5) is 57.3. The van der Waals surface area contributed by atoms with Gasteiger partial charge in [-0.25, -0.2) is 24.0 Å². The number of carbonyl (C=O) groups is 1. The molecule has 0 bridgehead atoms. The number of carboxylic acid groups (broad SMARTS) is 1. The first-order valence-corrected chi connectivity index (χ1v) is 10.3. The van der Waals surface area contributed by atoms with Crippen molar-refractivity contribution >= 4 is 46.2 Å². The Morgan fingerprint density at radius 2 is 1.68 bits per heavy atom. The lowest BCUT2D eigenvalue weighted by Gasteiger charge is -2.25. The van der Waals surface area contributed by atoms with Crippen molar-refractivity contribution in [1.82, 2.24) is 9.88 Å². The number of nitrogens with zero attached hydrogens (tertiary/aromatic N) is 1. The molecule has 0 radical (unpaired) electrons. The average Bonchev–Trinajstić information content (AvgIpc) is 3.19. The summed E-state index contributed by atoms with van der Waals surface area (Å²) in [5.41, 5.74) is 1.90. The second kappa shape index (κ2) is 9.31. The van der Waals surface area contributed by atoms with Crippen molar-refractivity contribution < 1.29 is 29.1 Å². The van der Waals surface area contributed by atoms with Crippen LogP contribution in [0.25, 0.3) is 10.8 Å². The molecule has 34 heavy (non-hydrogen) atoms. The fourth-order valence-electron chi connectivity index (χ4n) is 4.08. The molecule has 0 aliphatic carbocycles. The SMILES string of the molecule is O=C=C1CCC(n2c(=C=O)c3ccc(NCc4ccc(C(=O)O)cc4)cc3c2=C=O)C(=C=O)N1. The van der Waals surface area contributed by atoms with E-state index >= 15 is 0 Å². The van der Waals surface area contributed by atoms with E-state index in [-0.39, 0.29) is 40.5 Å². The minimum atomic E-state index is -1.01. The maximum Gasteiger partial charge on any atom is 0.335 e. The van der Waals surface area contributed by atoms with E-state index in [0.29, 0.717) is 23.0 Å². The van der Waals surface area contributed by atoms with Crippen LogP contribution in [0, 0.1) is 0 Å². The summed E-state index contributed by atoms with van der Waals surface area (Å²) in [6.45, 7) is 0.393. The molecular weight excluding hydrogens is 438 g/mol. The first kappa shape index (κ1) is 22.3. The molecule has 4 rings (SSSR count). The zero-order valence-electron chi connectivity index (χ0n) is 17.7. The first-order chi connectivity index (χ1) is 16.5. The van der Waals surface area contributed by atoms with Gasteiger partial charge in [-0.15, -0.1) is 0 Å². The summed E-state index contributed by atoms with van der Waals surface area (Å²) in [5, 5.41) is 15.9. The van der Waals surface area contributed by atoms with Gasteiger partial charge in [0, 0.05) is 29.4 Å². The van der Waals surface area contributed by atoms with Crippen molar-refractivity contribution in [3.8, 4) is 0 Å². The number of hydrogen-bond donors (Lipinski definition) is 3. The molecule has 1 atom stereocenters. The van der Waals surface area contributed by atoms with Crippen LogP contribution in [-0.4, -0.2) is 39.4 Å². The number of carbonyl (C=O) groups excluding carboxylic acids is 4. The van der Waals surface area contributed by atoms with Gasteiger partial charge in [0.1, 0.15) is 34.0 Å². The van der Waals surface area contributed by atoms with Crippen molar-refractivity contribution in [3.63, 3.8) is 0 Å². The van der Waals surface area contributed by atoms with Crippen LogP contribution in [0.15, 0.2) is 53.9 Å². The fourth-order valence-corrected chi connectivity index (χ4v) is 4.08. The molecule has 1 aliphatic rings. The van der Waals surface area contributed by atoms with Gasteiger partial charge in [-0.3, -0.25) is 0 Å². The quantitative estimate of drug-likeness (QED) is 0.468. The van der Waals surface area contributed by atoms with Gasteiger partial charge in [0.2, 0.25) is 0 Å². The maximum atomic E-state index is 12.0. The number of benzene rings is 2. The number of nitrogens with one attached hydrogen (secondary N) is 2. The summed E-state index contributed by atoms with van der Waals surface area (Å²) in [6, 6.07) is 10.8. The Bertz CT molecular complexity index is 1580. The molecule has 3 N–H and O–H groups in total. The van der Waals surface area contributed by atoms with E-state index in [1.165, 1.54) is 16.7 Å². The number of anilines is 1. The van der Waals surface area contributed by atoms with Gasteiger partial charge in [0.15, 0.2) is 11.9 Å². The predicted octanol–water partition coefficient (Wildman–Crippen LogP) is 0.314. The van der Waals surface area contributed by atoms with Crippen LogP contribution in [-0.2, 0) is 25.7 Å². The molecule has 168 valence electrons. The van der Waals surface area contributed by atoms with Crippen molar-refractivity contribution in [2.45, 2.75) is 25.4 Å². The minimum Gasteiger partial charge on any atom is -0.478 e. The highest BCUT2D eigenvalue weighted by atomic mass is 16.4. The van der Waals surface area contributed by atoms with Crippen molar-refractivity contribution in [2.24, 2.45) is 0 Å². The van der Waals surface area contributed by atoms with Crippen molar-refractivity contribution in [1.29, 1.82) is 0 Å². The second-order valence-corrected chi connectivity index (χ2v) is 7.66. The molecule has 9 nitrogen and oxygen atoms in total. The van der Waals surface area contributed by atoms with Crippen LogP contribution in [0.3, 0.4) is 0 Å². The monoisotopic (exact) mass is 455 g/mol. The summed E-state index contributed by atoms with van der Waals surface area (Å²) in [5.74, 6) is 6.20. The molecule has 1 aliphatic heterocycles. The van der Waals surface area contributed by atoms with Crippen LogP contribution >= 0.6 is 0 Å². The van der Waals surface area contributed by atoms with Gasteiger partial charge in [-0.05, 0) is 42.3 Å². The van der Waals surface area contributed by atoms with Crippen molar-refractivity contribution in [2.75, 3.05) is 5.32 Å². The number of rotatable bonds is 5. The lowest BCUT2D eigenvalue weighted by Crippen LogP contribution is -2.39. The molecule has 0 amide bonds. The zero-order valence-corrected chi connectivity index (χ0v) is 17.7. The van der Waals surface area contributed by atoms with Crippen LogP contribution in [0.2, 0.25) is 0 Å². The van der Waals surface area contributed by atoms with E-state index in [9.17, 15) is 24.0 Å². The number of carboxylic acids is 1. The Morgan fingerprint density at radius 1 is 0.971 bits per heavy atom. The third-order valence-corrected chi connectivity index (χ3v) is 5.73. The Hall–Kier alpha value is -4.89. The Balaban J connectivity index is 1.73. The zero-order chi connectivity index (χ0) is 24.2. The molecule has 1 aromatic heterocycles. The van der Waals surface area contributed by atoms with Gasteiger partial charge < -0.3 is 20.3 Å². The molecule has 1 saturated heterocycles. The molecule has 2 aromatic carbocycles. The van der Waals surface area contributed by atoms with Crippen LogP contribution in [0.5, 0.6) is 0 Å². The highest BCUT2D eigenvalue weighted by Gasteiger charge is 2.27. The third-order valence-electron chi connectivity index (χ3n) is 5.73. The maximum absolute atomic E-state index is 12.0. The summed E-state index contributed by atoms with van der Waals surface area (Å²) >= 11 is 0. The number of aromatic nitrogens is 1. The van der Waals surface area contributed by atoms with Crippen LogP contribution in [0.1, 0.15) is 34.8 Å². The predicted molar refractivity (Wildman–Crippen MR) is 121 cm³/mol. The summed E-state index contributed by atoms with van der Waals surface area (Å²) in [6.07, 6.45) is 0.557. The van der Waals surface area contributed by atoms with E-state index in [4.69, 9.17) is 5.11 Å². The normalized spacial score (nSPS) is 15.0. The van der Waals surface area contributed by atoms with E-state index in [1.54, 1.807) is 42.2 Å². The average molecular weight is 455 g/mol. The highest BCUT2D eigenvalue weighted by molar-refractivity contribution is 5.91. The van der Waals surface area contributed by atoms with Crippen LogP contribution in [0.4, 0.5) is 5.69 Å². The molecule has 0 saturated carbocycles. The Kier molecular flexibility index (Phi) is 6.11. The Morgan fingerprint density at radius 3 is 2.29 bits per heavy atom. The van der Waals surface area contributed by atoms with E-state index < -0.39 is 12.0 Å². The first-order valence-electron chi connectivity index (χ1n) is 10.3. The van der Waals surface area contributed by atoms with Gasteiger partial charge in [0.25, 0.3) is 0 Å². The lowest BCUT2D eigenvalue weighted by atomic mass is 10.0. The standard InChI is InChI=1S/C25H17N3O6/c29-11-18-6-8-22(21(12-30)27-18)28-23(13-31)19-7-5-17(9-20(19)24(28)14-32)26-10-15-1-3-16(4-2-15)25(33)34/h1-5,7,9,22,26-27H,6,8,10H2,(H,33,34). The van der Waals surface area contributed by atoms with Gasteiger partial charge >= 0.3 is 5.97 Å². The van der Waals surface area contributed by atoms with Crippen LogP contribution < -0.4 is 21.3 Å². The molecule has 3 aromatic rings. The number of allylic oxidation sites excluding steroid dienone is 2. The van der Waals surface area contributed by atoms with E-state index in [1.807, 2.05) is 11.9 Å². The largest absolute Gasteiger partial charge is 0.478 e. The Labute approximate surface area is 192 Å². The van der Waals surface area contributed by atoms with E-state index in [2.05, 4.69) is 10.6 Å². The third kappa shape index (κ3) is 3.98. The van der Waals surface area contributed by atoms with Gasteiger partial charge in [0.05, 0.1) is 11.6 Å². The van der Waals surface area contributed by atoms with E-state index in [0.717, 1.165) is 5.56 Å². The second-order valence-electron chi connectivity index (χ2n) is 7.66.